The standard InChI is InChI=1S/C25H31NO7/c1-16-17-7-6-8-18(20(17)13-26-16)19-9-10-21(27)24(30-5)23(19)32-15-25(2,3)33-22(28)14-31-12-11-29-4/h6-10,26-27H,1,11-15H2,2-5H3. The van der Waals surface area contributed by atoms with Gasteiger partial charge in [-0.15, -0.1) is 0 Å². The van der Waals surface area contributed by atoms with Crippen molar-refractivity contribution in [3.63, 3.8) is 0 Å². The van der Waals surface area contributed by atoms with Crippen LogP contribution in [0.25, 0.3) is 16.8 Å². The molecule has 1 aliphatic rings. The Morgan fingerprint density at radius 1 is 1.09 bits per heavy atom. The normalized spacial score (nSPS) is 12.8. The molecule has 3 rings (SSSR count). The van der Waals surface area contributed by atoms with E-state index in [0.29, 0.717) is 25.5 Å². The molecule has 0 bridgehead atoms. The molecule has 33 heavy (non-hydrogen) atoms. The van der Waals surface area contributed by atoms with E-state index in [1.54, 1.807) is 33.1 Å². The molecule has 0 radical (unpaired) electrons. The minimum absolute atomic E-state index is 0.0314. The van der Waals surface area contributed by atoms with E-state index < -0.39 is 11.6 Å². The lowest BCUT2D eigenvalue weighted by Crippen LogP contribution is -2.36. The lowest BCUT2D eigenvalue weighted by atomic mass is 9.95. The van der Waals surface area contributed by atoms with Crippen molar-refractivity contribution in [2.24, 2.45) is 0 Å². The fourth-order valence-corrected chi connectivity index (χ4v) is 3.62. The van der Waals surface area contributed by atoms with Crippen molar-refractivity contribution in [1.29, 1.82) is 0 Å². The van der Waals surface area contributed by atoms with Gasteiger partial charge in [0.1, 0.15) is 18.8 Å². The quantitative estimate of drug-likeness (QED) is 0.391. The van der Waals surface area contributed by atoms with E-state index in [-0.39, 0.29) is 24.7 Å². The first-order chi connectivity index (χ1) is 15.8. The number of carbonyl (C=O) groups excluding carboxylic acids is 1. The molecule has 0 saturated heterocycles. The van der Waals surface area contributed by atoms with Gasteiger partial charge in [0, 0.05) is 30.5 Å². The first kappa shape index (κ1) is 24.4. The monoisotopic (exact) mass is 457 g/mol. The van der Waals surface area contributed by atoms with Crippen molar-refractivity contribution in [3.05, 3.63) is 48.0 Å². The smallest absolute Gasteiger partial charge is 0.332 e. The number of nitrogens with one attached hydrogen (secondary N) is 1. The number of rotatable bonds is 11. The zero-order valence-electron chi connectivity index (χ0n) is 19.5. The van der Waals surface area contributed by atoms with Crippen LogP contribution in [-0.4, -0.2) is 57.3 Å². The van der Waals surface area contributed by atoms with E-state index in [1.807, 2.05) is 18.2 Å². The molecule has 178 valence electrons. The predicted octanol–water partition coefficient (Wildman–Crippen LogP) is 3.51. The summed E-state index contributed by atoms with van der Waals surface area (Å²) in [4.78, 5) is 12.1. The van der Waals surface area contributed by atoms with Crippen LogP contribution in [0.3, 0.4) is 0 Å². The molecule has 0 atom stereocenters. The molecule has 2 aromatic rings. The van der Waals surface area contributed by atoms with Crippen LogP contribution in [0.4, 0.5) is 0 Å². The summed E-state index contributed by atoms with van der Waals surface area (Å²) in [6.45, 7) is 8.72. The predicted molar refractivity (Wildman–Crippen MR) is 124 cm³/mol. The van der Waals surface area contributed by atoms with Crippen LogP contribution in [0.15, 0.2) is 36.9 Å². The highest BCUT2D eigenvalue weighted by atomic mass is 16.6. The first-order valence-corrected chi connectivity index (χ1v) is 10.6. The topological polar surface area (TPSA) is 95.5 Å². The molecule has 0 unspecified atom stereocenters. The van der Waals surface area contributed by atoms with Gasteiger partial charge in [-0.25, -0.2) is 4.79 Å². The molecule has 1 heterocycles. The average molecular weight is 458 g/mol. The lowest BCUT2D eigenvalue weighted by Gasteiger charge is -2.27. The number of methoxy groups -OCH3 is 2. The van der Waals surface area contributed by atoms with Crippen LogP contribution < -0.4 is 14.8 Å². The second-order valence-electron chi connectivity index (χ2n) is 8.23. The second kappa shape index (κ2) is 10.6. The third kappa shape index (κ3) is 5.77. The molecule has 2 N–H and O–H groups in total. The maximum absolute atomic E-state index is 12.1. The number of benzene rings is 2. The summed E-state index contributed by atoms with van der Waals surface area (Å²) in [6, 6.07) is 9.30. The van der Waals surface area contributed by atoms with E-state index in [9.17, 15) is 9.90 Å². The Hall–Kier alpha value is -3.23. The largest absolute Gasteiger partial charge is 0.504 e. The molecule has 0 fully saturated rings. The van der Waals surface area contributed by atoms with Gasteiger partial charge in [-0.1, -0.05) is 24.8 Å². The Bertz CT molecular complexity index is 1020. The maximum Gasteiger partial charge on any atom is 0.332 e. The zero-order valence-corrected chi connectivity index (χ0v) is 19.5. The van der Waals surface area contributed by atoms with E-state index >= 15 is 0 Å². The third-order valence-corrected chi connectivity index (χ3v) is 5.17. The van der Waals surface area contributed by atoms with E-state index in [0.717, 1.165) is 28.0 Å². The van der Waals surface area contributed by atoms with E-state index in [2.05, 4.69) is 11.9 Å². The van der Waals surface area contributed by atoms with Crippen molar-refractivity contribution in [3.8, 4) is 28.4 Å². The van der Waals surface area contributed by atoms with Crippen molar-refractivity contribution in [2.45, 2.75) is 26.0 Å². The molecule has 8 nitrogen and oxygen atoms in total. The second-order valence-corrected chi connectivity index (χ2v) is 8.23. The van der Waals surface area contributed by atoms with Gasteiger partial charge in [0.05, 0.1) is 20.3 Å². The van der Waals surface area contributed by atoms with Crippen LogP contribution in [0.1, 0.15) is 25.0 Å². The van der Waals surface area contributed by atoms with Crippen molar-refractivity contribution >= 4 is 11.7 Å². The van der Waals surface area contributed by atoms with E-state index in [4.69, 9.17) is 23.7 Å². The summed E-state index contributed by atoms with van der Waals surface area (Å²) in [5.74, 6) is 0.0183. The number of phenolic OH excluding ortho intramolecular Hbond substituents is 1. The van der Waals surface area contributed by atoms with Crippen LogP contribution in [0, 0.1) is 0 Å². The van der Waals surface area contributed by atoms with E-state index in [1.165, 1.54) is 7.11 Å². The number of esters is 1. The Morgan fingerprint density at radius 3 is 2.58 bits per heavy atom. The molecule has 0 aromatic heterocycles. The Balaban J connectivity index is 1.83. The molecule has 0 aliphatic carbocycles. The first-order valence-electron chi connectivity index (χ1n) is 10.6. The number of ether oxygens (including phenoxy) is 5. The number of aromatic hydroxyl groups is 1. The fraction of sp³-hybridized carbons (Fsp3) is 0.400. The number of fused-ring (bicyclic) bond motifs is 1. The van der Waals surface area contributed by atoms with Gasteiger partial charge >= 0.3 is 5.97 Å². The number of phenols is 1. The summed E-state index contributed by atoms with van der Waals surface area (Å²) >= 11 is 0. The molecule has 0 spiro atoms. The zero-order chi connectivity index (χ0) is 24.0. The molecule has 2 aromatic carbocycles. The van der Waals surface area contributed by atoms with Gasteiger partial charge < -0.3 is 34.1 Å². The Labute approximate surface area is 194 Å². The van der Waals surface area contributed by atoms with Crippen LogP contribution in [0.2, 0.25) is 0 Å². The van der Waals surface area contributed by atoms with Crippen molar-refractivity contribution in [2.75, 3.05) is 40.6 Å². The third-order valence-electron chi connectivity index (χ3n) is 5.17. The summed E-state index contributed by atoms with van der Waals surface area (Å²) in [5.41, 5.74) is 3.72. The van der Waals surface area contributed by atoms with Gasteiger partial charge in [-0.05, 0) is 37.1 Å². The molecular formula is C25H31NO7. The van der Waals surface area contributed by atoms with Gasteiger partial charge in [0.25, 0.3) is 0 Å². The average Bonchev–Trinajstić information content (AvgIpc) is 3.16. The summed E-state index contributed by atoms with van der Waals surface area (Å²) in [6.07, 6.45) is 0. The number of hydrogen-bond acceptors (Lipinski definition) is 8. The minimum atomic E-state index is -0.954. The van der Waals surface area contributed by atoms with Crippen LogP contribution in [-0.2, 0) is 25.5 Å². The minimum Gasteiger partial charge on any atom is -0.504 e. The van der Waals surface area contributed by atoms with Gasteiger partial charge in [-0.2, -0.15) is 0 Å². The Kier molecular flexibility index (Phi) is 7.84. The summed E-state index contributed by atoms with van der Waals surface area (Å²) in [7, 11) is 3.02. The molecule has 0 amide bonds. The highest BCUT2D eigenvalue weighted by Gasteiger charge is 2.28. The van der Waals surface area contributed by atoms with Gasteiger partial charge in [0.15, 0.2) is 11.5 Å². The summed E-state index contributed by atoms with van der Waals surface area (Å²) in [5, 5.41) is 13.6. The Morgan fingerprint density at radius 2 is 1.85 bits per heavy atom. The number of hydrogen-bond donors (Lipinski definition) is 2. The SMILES string of the molecule is C=C1NCc2c1cccc2-c1ccc(O)c(OC)c1OCC(C)(C)OC(=O)COCCOC. The van der Waals surface area contributed by atoms with Crippen molar-refractivity contribution in [1.82, 2.24) is 5.32 Å². The molecule has 1 aliphatic heterocycles. The van der Waals surface area contributed by atoms with Gasteiger partial charge in [-0.3, -0.25) is 0 Å². The number of carbonyl (C=O) groups is 1. The molecular weight excluding hydrogens is 426 g/mol. The molecule has 0 saturated carbocycles. The van der Waals surface area contributed by atoms with Crippen LogP contribution in [0.5, 0.6) is 17.2 Å². The van der Waals surface area contributed by atoms with Crippen molar-refractivity contribution < 1.29 is 33.6 Å². The fourth-order valence-electron chi connectivity index (χ4n) is 3.62. The lowest BCUT2D eigenvalue weighted by molar-refractivity contribution is -0.164. The maximum atomic E-state index is 12.1. The highest BCUT2D eigenvalue weighted by Crippen LogP contribution is 2.46. The van der Waals surface area contributed by atoms with Gasteiger partial charge in [0.2, 0.25) is 5.75 Å². The van der Waals surface area contributed by atoms with Crippen LogP contribution >= 0.6 is 0 Å². The highest BCUT2D eigenvalue weighted by molar-refractivity contribution is 5.83. The molecule has 8 heteroatoms. The summed E-state index contributed by atoms with van der Waals surface area (Å²) < 4.78 is 27.2.